The van der Waals surface area contributed by atoms with Crippen LogP contribution in [0, 0.1) is 76.4 Å². The Bertz CT molecular complexity index is 1150. The first-order valence-electron chi connectivity index (χ1n) is 9.15. The molecule has 1 aliphatic heterocycles. The van der Waals surface area contributed by atoms with E-state index in [1.807, 2.05) is 24.3 Å². The second-order valence-electron chi connectivity index (χ2n) is 7.30. The molecule has 2 aromatic rings. The highest BCUT2D eigenvalue weighted by atomic mass is 16.6. The first kappa shape index (κ1) is 21.9. The fraction of sp³-hybridized carbons (Fsp3) is 0.238. The molecule has 11 nitrogen and oxygen atoms in total. The van der Waals surface area contributed by atoms with E-state index in [1.54, 1.807) is 0 Å². The molecule has 1 aliphatic rings. The lowest BCUT2D eigenvalue weighted by Gasteiger charge is -2.45. The Morgan fingerprint density at radius 2 is 1.16 bits per heavy atom. The lowest BCUT2D eigenvalue weighted by molar-refractivity contribution is -0.385. The van der Waals surface area contributed by atoms with E-state index in [1.165, 1.54) is 48.5 Å². The van der Waals surface area contributed by atoms with E-state index in [4.69, 9.17) is 0 Å². The van der Waals surface area contributed by atoms with Gasteiger partial charge in [0.25, 0.3) is 11.4 Å². The van der Waals surface area contributed by atoms with Crippen LogP contribution in [0.15, 0.2) is 48.5 Å². The average molecular weight is 427 g/mol. The van der Waals surface area contributed by atoms with Crippen molar-refractivity contribution in [3.8, 4) is 24.3 Å². The molecule has 0 aliphatic carbocycles. The van der Waals surface area contributed by atoms with E-state index in [0.717, 1.165) is 0 Å². The molecule has 11 heteroatoms. The smallest absolute Gasteiger partial charge is 0.269 e. The number of hydrogen-bond donors (Lipinski definition) is 1. The van der Waals surface area contributed by atoms with Crippen molar-refractivity contribution in [2.24, 2.45) is 10.8 Å². The number of hydrogen-bond acceptors (Lipinski definition) is 9. The molecule has 156 valence electrons. The molecule has 0 radical (unpaired) electrons. The third-order valence-electron chi connectivity index (χ3n) is 5.50. The highest BCUT2D eigenvalue weighted by Crippen LogP contribution is 2.54. The van der Waals surface area contributed by atoms with Crippen molar-refractivity contribution in [3.63, 3.8) is 0 Å². The van der Waals surface area contributed by atoms with Crippen LogP contribution in [-0.4, -0.2) is 9.85 Å². The summed E-state index contributed by atoms with van der Waals surface area (Å²) in [5.41, 5.74) is -3.86. The highest BCUT2D eigenvalue weighted by Gasteiger charge is 2.58. The topological polar surface area (TPSA) is 193 Å². The fourth-order valence-corrected chi connectivity index (χ4v) is 3.96. The van der Waals surface area contributed by atoms with Crippen molar-refractivity contribution >= 4 is 11.4 Å². The third-order valence-corrected chi connectivity index (χ3v) is 5.50. The van der Waals surface area contributed by atoms with Crippen LogP contribution < -0.4 is 5.32 Å². The summed E-state index contributed by atoms with van der Waals surface area (Å²) < 4.78 is 0. The average Bonchev–Trinajstić information content (AvgIpc) is 2.83. The maximum Gasteiger partial charge on any atom is 0.269 e. The minimum absolute atomic E-state index is 0.238. The van der Waals surface area contributed by atoms with Gasteiger partial charge in [-0.1, -0.05) is 24.3 Å². The van der Waals surface area contributed by atoms with Crippen molar-refractivity contribution < 1.29 is 9.85 Å². The number of nitrogens with one attached hydrogen (secondary N) is 1. The summed E-state index contributed by atoms with van der Waals surface area (Å²) in [6, 6.07) is 16.0. The molecule has 1 fully saturated rings. The van der Waals surface area contributed by atoms with Gasteiger partial charge in [-0.3, -0.25) is 25.5 Å². The number of rotatable bonds is 4. The Balaban J connectivity index is 2.23. The summed E-state index contributed by atoms with van der Waals surface area (Å²) in [4.78, 5) is 21.2. The summed E-state index contributed by atoms with van der Waals surface area (Å²) in [5.74, 6) is 0. The first-order valence-corrected chi connectivity index (χ1v) is 9.15. The molecule has 0 saturated carbocycles. The summed E-state index contributed by atoms with van der Waals surface area (Å²) >= 11 is 0. The molecule has 2 atom stereocenters. The van der Waals surface area contributed by atoms with Gasteiger partial charge in [-0.05, 0) is 11.1 Å². The summed E-state index contributed by atoms with van der Waals surface area (Å²) in [6.45, 7) is 0. The number of non-ortho nitro benzene ring substituents is 2. The van der Waals surface area contributed by atoms with Gasteiger partial charge < -0.3 is 0 Å². The quantitative estimate of drug-likeness (QED) is 0.562. The van der Waals surface area contributed by atoms with Crippen molar-refractivity contribution in [2.75, 3.05) is 0 Å². The largest absolute Gasteiger partial charge is 0.298 e. The molecule has 0 aromatic heterocycles. The molecule has 1 heterocycles. The van der Waals surface area contributed by atoms with Crippen LogP contribution in [0.1, 0.15) is 29.6 Å². The standard InChI is InChI=1S/C21H13N7O4/c22-10-20(11-23)9-21(12-24,13-25)19(15-4-2-6-17(8-15)28(31)32)26-18(20)14-3-1-5-16(7-14)27(29)30/h1-8,18-19,26H,9H2. The predicted molar refractivity (Wildman–Crippen MR) is 107 cm³/mol. The van der Waals surface area contributed by atoms with Gasteiger partial charge in [-0.25, -0.2) is 0 Å². The van der Waals surface area contributed by atoms with Crippen molar-refractivity contribution in [1.29, 1.82) is 21.0 Å². The minimum atomic E-state index is -1.90. The second-order valence-corrected chi connectivity index (χ2v) is 7.30. The Kier molecular flexibility index (Phi) is 5.55. The van der Waals surface area contributed by atoms with Crippen molar-refractivity contribution in [1.82, 2.24) is 5.32 Å². The number of nitro benzene ring substituents is 2. The van der Waals surface area contributed by atoms with Crippen LogP contribution >= 0.6 is 0 Å². The van der Waals surface area contributed by atoms with Gasteiger partial charge in [-0.15, -0.1) is 0 Å². The van der Waals surface area contributed by atoms with Gasteiger partial charge in [0.1, 0.15) is 0 Å². The summed E-state index contributed by atoms with van der Waals surface area (Å²) in [5, 5.41) is 65.0. The maximum atomic E-state index is 11.2. The zero-order valence-corrected chi connectivity index (χ0v) is 16.3. The molecular formula is C21H13N7O4. The normalized spacial score (nSPS) is 20.5. The molecule has 2 aromatic carbocycles. The van der Waals surface area contributed by atoms with Crippen LogP contribution in [0.5, 0.6) is 0 Å². The van der Waals surface area contributed by atoms with Crippen molar-refractivity contribution in [2.45, 2.75) is 18.5 Å². The minimum Gasteiger partial charge on any atom is -0.298 e. The predicted octanol–water partition coefficient (Wildman–Crippen LogP) is 3.35. The molecule has 1 saturated heterocycles. The van der Waals surface area contributed by atoms with Crippen LogP contribution in [0.4, 0.5) is 11.4 Å². The van der Waals surface area contributed by atoms with Gasteiger partial charge >= 0.3 is 0 Å². The van der Waals surface area contributed by atoms with Gasteiger partial charge in [0, 0.05) is 30.7 Å². The Labute approximate surface area is 181 Å². The number of benzene rings is 2. The molecule has 0 spiro atoms. The molecule has 0 amide bonds. The summed E-state index contributed by atoms with van der Waals surface area (Å²) in [7, 11) is 0. The van der Waals surface area contributed by atoms with Crippen molar-refractivity contribution in [3.05, 3.63) is 79.9 Å². The molecule has 2 unspecified atom stereocenters. The SMILES string of the molecule is N#CC1(C#N)CC(C#N)(C#N)C(c2cccc([N+](=O)[O-])c2)NC1c1cccc([N+](=O)[O-])c1. The monoisotopic (exact) mass is 427 g/mol. The van der Waals surface area contributed by atoms with E-state index >= 15 is 0 Å². The molecule has 32 heavy (non-hydrogen) atoms. The van der Waals surface area contributed by atoms with Crippen LogP contribution in [0.25, 0.3) is 0 Å². The van der Waals surface area contributed by atoms with E-state index in [9.17, 15) is 41.3 Å². The van der Waals surface area contributed by atoms with Crippen LogP contribution in [0.3, 0.4) is 0 Å². The highest BCUT2D eigenvalue weighted by molar-refractivity contribution is 5.45. The van der Waals surface area contributed by atoms with Gasteiger partial charge in [0.15, 0.2) is 10.8 Å². The molecule has 0 bridgehead atoms. The van der Waals surface area contributed by atoms with Crippen LogP contribution in [-0.2, 0) is 0 Å². The van der Waals surface area contributed by atoms with E-state index in [0.29, 0.717) is 0 Å². The van der Waals surface area contributed by atoms with Gasteiger partial charge in [0.2, 0.25) is 0 Å². The first-order chi connectivity index (χ1) is 15.3. The Morgan fingerprint density at radius 3 is 1.47 bits per heavy atom. The Morgan fingerprint density at radius 1 is 0.781 bits per heavy atom. The zero-order chi connectivity index (χ0) is 23.5. The van der Waals surface area contributed by atoms with Crippen LogP contribution in [0.2, 0.25) is 0 Å². The van der Waals surface area contributed by atoms with E-state index in [2.05, 4.69) is 5.32 Å². The van der Waals surface area contributed by atoms with E-state index in [-0.39, 0.29) is 22.5 Å². The number of nitriles is 4. The number of nitrogens with zero attached hydrogens (tertiary/aromatic N) is 6. The zero-order valence-electron chi connectivity index (χ0n) is 16.3. The third kappa shape index (κ3) is 3.46. The number of nitro groups is 2. The summed E-state index contributed by atoms with van der Waals surface area (Å²) in [6.07, 6.45) is -0.492. The molecule has 1 N–H and O–H groups in total. The number of piperidine rings is 1. The van der Waals surface area contributed by atoms with Gasteiger partial charge in [-0.2, -0.15) is 21.0 Å². The molecule has 3 rings (SSSR count). The van der Waals surface area contributed by atoms with Gasteiger partial charge in [0.05, 0.1) is 46.2 Å². The van der Waals surface area contributed by atoms with E-state index < -0.39 is 39.2 Å². The Hall–Kier alpha value is -4.84. The molecular weight excluding hydrogens is 414 g/mol. The lowest BCUT2D eigenvalue weighted by Crippen LogP contribution is -2.52. The fourth-order valence-electron chi connectivity index (χ4n) is 3.96. The lowest BCUT2D eigenvalue weighted by atomic mass is 9.60. The second kappa shape index (κ2) is 8.12. The maximum absolute atomic E-state index is 11.2.